The van der Waals surface area contributed by atoms with E-state index < -0.39 is 0 Å². The molecule has 2 N–H and O–H groups in total. The summed E-state index contributed by atoms with van der Waals surface area (Å²) in [4.78, 5) is 0. The van der Waals surface area contributed by atoms with Gasteiger partial charge in [-0.2, -0.15) is 16.9 Å². The van der Waals surface area contributed by atoms with Crippen LogP contribution in [0, 0.1) is 0 Å². The Hall–Kier alpha value is -0.190. The Bertz CT molecular complexity index is 279. The molecular weight excluding hydrogens is 218 g/mol. The van der Waals surface area contributed by atoms with Crippen LogP contribution in [0.2, 0.25) is 5.02 Å². The van der Waals surface area contributed by atoms with Crippen molar-refractivity contribution in [1.82, 2.24) is 9.78 Å². The number of rotatable bonds is 4. The summed E-state index contributed by atoms with van der Waals surface area (Å²) >= 11 is 7.81. The van der Waals surface area contributed by atoms with Crippen molar-refractivity contribution in [3.05, 3.63) is 16.9 Å². The molecule has 0 saturated carbocycles. The predicted octanol–water partition coefficient (Wildman–Crippen LogP) is 2.21. The van der Waals surface area contributed by atoms with Crippen LogP contribution in [0.5, 0.6) is 0 Å². The SMILES string of the molecule is CC(C)SCC(N)c1c(Cl)cnn1C. The van der Waals surface area contributed by atoms with Gasteiger partial charge in [-0.3, -0.25) is 4.68 Å². The molecule has 80 valence electrons. The van der Waals surface area contributed by atoms with E-state index in [1.54, 1.807) is 10.9 Å². The predicted molar refractivity (Wildman–Crippen MR) is 62.7 cm³/mol. The fraction of sp³-hybridized carbons (Fsp3) is 0.667. The second-order valence-corrected chi connectivity index (χ2v) is 5.51. The van der Waals surface area contributed by atoms with Crippen LogP contribution in [0.15, 0.2) is 6.20 Å². The van der Waals surface area contributed by atoms with Gasteiger partial charge in [0.05, 0.1) is 23.0 Å². The van der Waals surface area contributed by atoms with Gasteiger partial charge in [0.2, 0.25) is 0 Å². The van der Waals surface area contributed by atoms with E-state index in [4.69, 9.17) is 17.3 Å². The molecule has 1 aromatic heterocycles. The molecule has 0 aromatic carbocycles. The number of nitrogens with two attached hydrogens (primary N) is 1. The highest BCUT2D eigenvalue weighted by Gasteiger charge is 2.15. The molecular formula is C9H16ClN3S. The summed E-state index contributed by atoms with van der Waals surface area (Å²) < 4.78 is 1.74. The average molecular weight is 234 g/mol. The topological polar surface area (TPSA) is 43.8 Å². The van der Waals surface area contributed by atoms with Crippen molar-refractivity contribution in [1.29, 1.82) is 0 Å². The fourth-order valence-electron chi connectivity index (χ4n) is 1.21. The van der Waals surface area contributed by atoms with Gasteiger partial charge in [0, 0.05) is 12.8 Å². The van der Waals surface area contributed by atoms with Crippen LogP contribution >= 0.6 is 23.4 Å². The highest BCUT2D eigenvalue weighted by atomic mass is 35.5. The average Bonchev–Trinajstić information content (AvgIpc) is 2.42. The molecule has 0 amide bonds. The van der Waals surface area contributed by atoms with Crippen molar-refractivity contribution in [3.8, 4) is 0 Å². The number of aryl methyl sites for hydroxylation is 1. The van der Waals surface area contributed by atoms with Crippen LogP contribution in [-0.4, -0.2) is 20.8 Å². The van der Waals surface area contributed by atoms with E-state index in [0.717, 1.165) is 11.4 Å². The standard InChI is InChI=1S/C9H16ClN3S/c1-6(2)14-5-8(11)9-7(10)4-12-13(9)3/h4,6,8H,5,11H2,1-3H3. The molecule has 0 aliphatic heterocycles. The van der Waals surface area contributed by atoms with Crippen molar-refractivity contribution in [2.45, 2.75) is 25.1 Å². The lowest BCUT2D eigenvalue weighted by Gasteiger charge is -2.13. The van der Waals surface area contributed by atoms with Gasteiger partial charge in [0.1, 0.15) is 0 Å². The van der Waals surface area contributed by atoms with Gasteiger partial charge in [-0.1, -0.05) is 25.4 Å². The Morgan fingerprint density at radius 2 is 2.29 bits per heavy atom. The maximum Gasteiger partial charge on any atom is 0.0834 e. The zero-order valence-corrected chi connectivity index (χ0v) is 10.3. The first-order valence-corrected chi connectivity index (χ1v) is 5.99. The van der Waals surface area contributed by atoms with Gasteiger partial charge in [-0.05, 0) is 5.25 Å². The molecule has 0 aliphatic rings. The van der Waals surface area contributed by atoms with E-state index in [2.05, 4.69) is 18.9 Å². The maximum atomic E-state index is 6.02. The van der Waals surface area contributed by atoms with Gasteiger partial charge in [0.15, 0.2) is 0 Å². The van der Waals surface area contributed by atoms with E-state index in [9.17, 15) is 0 Å². The third-order valence-corrected chi connectivity index (χ3v) is 3.41. The fourth-order valence-corrected chi connectivity index (χ4v) is 2.27. The van der Waals surface area contributed by atoms with Crippen LogP contribution in [0.4, 0.5) is 0 Å². The van der Waals surface area contributed by atoms with Crippen LogP contribution < -0.4 is 5.73 Å². The lowest BCUT2D eigenvalue weighted by Crippen LogP contribution is -2.18. The van der Waals surface area contributed by atoms with Gasteiger partial charge in [-0.25, -0.2) is 0 Å². The Balaban J connectivity index is 2.64. The molecule has 0 saturated heterocycles. The molecule has 1 heterocycles. The Morgan fingerprint density at radius 3 is 2.71 bits per heavy atom. The van der Waals surface area contributed by atoms with Gasteiger partial charge >= 0.3 is 0 Å². The first-order valence-electron chi connectivity index (χ1n) is 4.57. The zero-order chi connectivity index (χ0) is 10.7. The van der Waals surface area contributed by atoms with E-state index in [0.29, 0.717) is 10.3 Å². The van der Waals surface area contributed by atoms with E-state index in [1.807, 2.05) is 18.8 Å². The molecule has 5 heteroatoms. The Morgan fingerprint density at radius 1 is 1.64 bits per heavy atom. The number of nitrogens with zero attached hydrogens (tertiary/aromatic N) is 2. The number of hydrogen-bond donors (Lipinski definition) is 1. The molecule has 1 unspecified atom stereocenters. The summed E-state index contributed by atoms with van der Waals surface area (Å²) in [6.45, 7) is 4.31. The summed E-state index contributed by atoms with van der Waals surface area (Å²) in [6, 6.07) is -0.0394. The number of thioether (sulfide) groups is 1. The van der Waals surface area contributed by atoms with Crippen LogP contribution in [-0.2, 0) is 7.05 Å². The minimum atomic E-state index is -0.0394. The van der Waals surface area contributed by atoms with Gasteiger partial charge in [0.25, 0.3) is 0 Å². The number of halogens is 1. The van der Waals surface area contributed by atoms with Crippen LogP contribution in [0.3, 0.4) is 0 Å². The first kappa shape index (κ1) is 11.9. The first-order chi connectivity index (χ1) is 6.52. The lowest BCUT2D eigenvalue weighted by atomic mass is 10.2. The molecule has 0 radical (unpaired) electrons. The summed E-state index contributed by atoms with van der Waals surface area (Å²) in [5.74, 6) is 0.872. The highest BCUT2D eigenvalue weighted by molar-refractivity contribution is 7.99. The third-order valence-electron chi connectivity index (χ3n) is 1.90. The minimum absolute atomic E-state index is 0.0394. The van der Waals surface area contributed by atoms with E-state index >= 15 is 0 Å². The quantitative estimate of drug-likeness (QED) is 0.868. The third kappa shape index (κ3) is 2.90. The zero-order valence-electron chi connectivity index (χ0n) is 8.70. The molecule has 1 atom stereocenters. The Kier molecular flexibility index (Phi) is 4.29. The Labute approximate surface area is 94.0 Å². The van der Waals surface area contributed by atoms with Crippen LogP contribution in [0.1, 0.15) is 25.6 Å². The number of aromatic nitrogens is 2. The highest BCUT2D eigenvalue weighted by Crippen LogP contribution is 2.24. The van der Waals surface area contributed by atoms with Crippen molar-refractivity contribution in [3.63, 3.8) is 0 Å². The van der Waals surface area contributed by atoms with Crippen LogP contribution in [0.25, 0.3) is 0 Å². The van der Waals surface area contributed by atoms with Gasteiger partial charge in [-0.15, -0.1) is 0 Å². The summed E-state index contributed by atoms with van der Waals surface area (Å²) in [5, 5.41) is 5.31. The van der Waals surface area contributed by atoms with Crippen molar-refractivity contribution in [2.75, 3.05) is 5.75 Å². The molecule has 14 heavy (non-hydrogen) atoms. The molecule has 0 fully saturated rings. The summed E-state index contributed by atoms with van der Waals surface area (Å²) in [5.41, 5.74) is 6.94. The maximum absolute atomic E-state index is 6.02. The van der Waals surface area contributed by atoms with Crippen molar-refractivity contribution >= 4 is 23.4 Å². The summed E-state index contributed by atoms with van der Waals surface area (Å²) in [6.07, 6.45) is 1.64. The molecule has 0 spiro atoms. The van der Waals surface area contributed by atoms with E-state index in [1.165, 1.54) is 0 Å². The second kappa shape index (κ2) is 5.05. The second-order valence-electron chi connectivity index (χ2n) is 3.49. The normalized spacial score (nSPS) is 13.6. The molecule has 1 aromatic rings. The molecule has 0 aliphatic carbocycles. The summed E-state index contributed by atoms with van der Waals surface area (Å²) in [7, 11) is 1.86. The molecule has 0 bridgehead atoms. The van der Waals surface area contributed by atoms with Gasteiger partial charge < -0.3 is 5.73 Å². The monoisotopic (exact) mass is 233 g/mol. The lowest BCUT2D eigenvalue weighted by molar-refractivity contribution is 0.659. The largest absolute Gasteiger partial charge is 0.322 e. The smallest absolute Gasteiger partial charge is 0.0834 e. The van der Waals surface area contributed by atoms with E-state index in [-0.39, 0.29) is 6.04 Å². The van der Waals surface area contributed by atoms with Crippen molar-refractivity contribution < 1.29 is 0 Å². The molecule has 1 rings (SSSR count). The minimum Gasteiger partial charge on any atom is -0.322 e. The van der Waals surface area contributed by atoms with Crippen molar-refractivity contribution in [2.24, 2.45) is 12.8 Å². The molecule has 3 nitrogen and oxygen atoms in total. The number of hydrogen-bond acceptors (Lipinski definition) is 3.